The lowest BCUT2D eigenvalue weighted by molar-refractivity contribution is 0.531. The predicted molar refractivity (Wildman–Crippen MR) is 200 cm³/mol. The number of likely N-dealkylation sites (N-methyl/N-ethyl adjacent to an activating group) is 2. The Balaban J connectivity index is 0.000000157. The van der Waals surface area contributed by atoms with E-state index >= 15 is 0 Å². The minimum atomic E-state index is -3.48. The smallest absolute Gasteiger partial charge is 0.206 e. The largest absolute Gasteiger partial charge is 0.371 e. The summed E-state index contributed by atoms with van der Waals surface area (Å²) < 4.78 is 52.2. The van der Waals surface area contributed by atoms with Crippen LogP contribution in [0.25, 0.3) is 0 Å². The Morgan fingerprint density at radius 2 is 0.960 bits per heavy atom. The van der Waals surface area contributed by atoms with Crippen molar-refractivity contribution in [3.8, 4) is 0 Å². The van der Waals surface area contributed by atoms with Crippen molar-refractivity contribution in [2.75, 3.05) is 50.1 Å². The van der Waals surface area contributed by atoms with Crippen LogP contribution in [0.5, 0.6) is 0 Å². The Bertz CT molecular complexity index is 2100. The van der Waals surface area contributed by atoms with Gasteiger partial charge in [-0.05, 0) is 143 Å². The summed E-state index contributed by atoms with van der Waals surface area (Å²) in [6, 6.07) is 26.5. The van der Waals surface area contributed by atoms with E-state index in [9.17, 15) is 16.8 Å². The lowest BCUT2D eigenvalue weighted by Crippen LogP contribution is -2.30. The van der Waals surface area contributed by atoms with Gasteiger partial charge in [0.25, 0.3) is 0 Å². The van der Waals surface area contributed by atoms with Crippen molar-refractivity contribution in [3.05, 3.63) is 107 Å². The maximum Gasteiger partial charge on any atom is 0.206 e. The van der Waals surface area contributed by atoms with Gasteiger partial charge in [-0.25, -0.2) is 16.8 Å². The predicted octanol–water partition coefficient (Wildman–Crippen LogP) is 6.23. The normalized spacial score (nSPS) is 23.0. The first kappa shape index (κ1) is 34.7. The van der Waals surface area contributed by atoms with Gasteiger partial charge in [0.1, 0.15) is 0 Å². The molecule has 10 heteroatoms. The fourth-order valence-electron chi connectivity index (χ4n) is 8.47. The summed E-state index contributed by atoms with van der Waals surface area (Å²) in [5.74, 6) is 0.811. The van der Waals surface area contributed by atoms with Crippen LogP contribution in [0.2, 0.25) is 0 Å². The van der Waals surface area contributed by atoms with Gasteiger partial charge in [-0.15, -0.1) is 0 Å². The Morgan fingerprint density at radius 3 is 1.46 bits per heavy atom. The van der Waals surface area contributed by atoms with Crippen LogP contribution in [0.1, 0.15) is 59.8 Å². The second kappa shape index (κ2) is 13.8. The van der Waals surface area contributed by atoms with Gasteiger partial charge in [0.05, 0.1) is 19.6 Å². The summed E-state index contributed by atoms with van der Waals surface area (Å²) >= 11 is 0. The lowest BCUT2D eigenvalue weighted by Gasteiger charge is -2.24. The van der Waals surface area contributed by atoms with E-state index in [0.717, 1.165) is 63.0 Å². The molecule has 2 saturated heterocycles. The SMILES string of the molecule is Cc1ccc(S(=O)(=O)c2ccc3c(c2)[C@H]2CCNCC[C@@H]2N3C)cc1.Cc1cccc(S(=O)(=O)c2ccc3c(c2)[C@H]2CCNCC[C@@H]2N3C)c1. The van der Waals surface area contributed by atoms with Crippen LogP contribution in [0.3, 0.4) is 0 Å². The molecule has 4 heterocycles. The third kappa shape index (κ3) is 6.36. The molecule has 0 amide bonds. The van der Waals surface area contributed by atoms with Gasteiger partial charge in [0.15, 0.2) is 0 Å². The van der Waals surface area contributed by atoms with E-state index in [1.54, 1.807) is 42.5 Å². The summed E-state index contributed by atoms with van der Waals surface area (Å²) in [5.41, 5.74) is 6.74. The third-order valence-electron chi connectivity index (χ3n) is 11.2. The molecule has 0 bridgehead atoms. The van der Waals surface area contributed by atoms with Crippen LogP contribution in [0, 0.1) is 13.8 Å². The molecule has 4 aromatic rings. The van der Waals surface area contributed by atoms with Crippen LogP contribution in [-0.4, -0.2) is 69.2 Å². The van der Waals surface area contributed by atoms with Crippen LogP contribution >= 0.6 is 0 Å². The van der Waals surface area contributed by atoms with E-state index in [2.05, 4.69) is 34.5 Å². The lowest BCUT2D eigenvalue weighted by atomic mass is 9.91. The van der Waals surface area contributed by atoms with Crippen molar-refractivity contribution in [1.82, 2.24) is 10.6 Å². The summed E-state index contributed by atoms with van der Waals surface area (Å²) in [6.45, 7) is 7.90. The van der Waals surface area contributed by atoms with E-state index in [1.807, 2.05) is 56.3 Å². The molecule has 0 aliphatic carbocycles. The summed E-state index contributed by atoms with van der Waals surface area (Å²) in [4.78, 5) is 6.21. The number of nitrogens with zero attached hydrogens (tertiary/aromatic N) is 2. The minimum absolute atomic E-state index is 0.364. The van der Waals surface area contributed by atoms with Gasteiger partial charge in [-0.1, -0.05) is 29.8 Å². The molecule has 0 saturated carbocycles. The van der Waals surface area contributed by atoms with Crippen LogP contribution in [0.15, 0.2) is 105 Å². The first-order chi connectivity index (χ1) is 24.0. The third-order valence-corrected chi connectivity index (χ3v) is 14.7. The number of sulfone groups is 2. The topological polar surface area (TPSA) is 98.8 Å². The van der Waals surface area contributed by atoms with Gasteiger partial charge in [0, 0.05) is 49.4 Å². The molecule has 264 valence electrons. The second-order valence-electron chi connectivity index (χ2n) is 14.3. The van der Waals surface area contributed by atoms with E-state index in [-0.39, 0.29) is 0 Å². The van der Waals surface area contributed by atoms with Gasteiger partial charge in [0.2, 0.25) is 19.7 Å². The molecular weight excluding hydrogens is 665 g/mol. The standard InChI is InChI=1S/2C20H24N2O2S/c1-14-3-5-15(6-4-14)25(23,24)16-7-8-19-18(13-16)17-9-11-21-12-10-20(17)22(19)2;1-14-4-3-5-15(12-14)25(23,24)16-6-7-19-18(13-16)17-8-10-21-11-9-20(17)22(19)2/h3-8,13,17,20-21H,9-12H2,1-2H3;3-7,12-13,17,20-21H,8-11H2,1-2H3/t2*17-,20+/m11/s1. The van der Waals surface area contributed by atoms with Gasteiger partial charge in [-0.2, -0.15) is 0 Å². The minimum Gasteiger partial charge on any atom is -0.371 e. The average molecular weight is 713 g/mol. The fraction of sp³-hybridized carbons (Fsp3) is 0.400. The Hall–Kier alpha value is -3.70. The monoisotopic (exact) mass is 712 g/mol. The molecule has 4 atom stereocenters. The molecule has 4 aliphatic rings. The van der Waals surface area contributed by atoms with E-state index in [1.165, 1.54) is 22.5 Å². The zero-order valence-electron chi connectivity index (χ0n) is 29.4. The Kier molecular flexibility index (Phi) is 9.58. The van der Waals surface area contributed by atoms with E-state index < -0.39 is 19.7 Å². The Morgan fingerprint density at radius 1 is 0.520 bits per heavy atom. The van der Waals surface area contributed by atoms with Crippen LogP contribution < -0.4 is 20.4 Å². The number of nitrogens with one attached hydrogen (secondary N) is 2. The van der Waals surface area contributed by atoms with Crippen molar-refractivity contribution in [2.24, 2.45) is 0 Å². The zero-order valence-corrected chi connectivity index (χ0v) is 31.0. The molecule has 0 aromatic heterocycles. The van der Waals surface area contributed by atoms with Gasteiger partial charge < -0.3 is 20.4 Å². The molecule has 2 N–H and O–H groups in total. The average Bonchev–Trinajstić information content (AvgIpc) is 3.32. The summed E-state index contributed by atoms with van der Waals surface area (Å²) in [5, 5.41) is 6.92. The molecule has 0 radical (unpaired) electrons. The fourth-order valence-corrected chi connectivity index (χ4v) is 11.2. The van der Waals surface area contributed by atoms with Crippen molar-refractivity contribution in [2.45, 2.75) is 83.0 Å². The number of benzene rings is 4. The van der Waals surface area contributed by atoms with Crippen molar-refractivity contribution >= 4 is 31.0 Å². The molecule has 0 spiro atoms. The molecular formula is C40H48N4O4S2. The first-order valence-corrected chi connectivity index (χ1v) is 20.7. The number of aryl methyl sites for hydroxylation is 2. The van der Waals surface area contributed by atoms with Crippen molar-refractivity contribution < 1.29 is 16.8 Å². The zero-order chi connectivity index (χ0) is 35.2. The van der Waals surface area contributed by atoms with Crippen molar-refractivity contribution in [1.29, 1.82) is 0 Å². The van der Waals surface area contributed by atoms with Gasteiger partial charge >= 0.3 is 0 Å². The van der Waals surface area contributed by atoms with E-state index in [0.29, 0.717) is 43.5 Å². The molecule has 8 nitrogen and oxygen atoms in total. The maximum atomic E-state index is 13.1. The molecule has 2 fully saturated rings. The number of fused-ring (bicyclic) bond motifs is 6. The van der Waals surface area contributed by atoms with Crippen LogP contribution in [0.4, 0.5) is 11.4 Å². The Labute approximate surface area is 297 Å². The highest BCUT2D eigenvalue weighted by molar-refractivity contribution is 7.91. The summed E-state index contributed by atoms with van der Waals surface area (Å²) in [6.07, 6.45) is 4.29. The molecule has 4 aliphatic heterocycles. The van der Waals surface area contributed by atoms with Crippen LogP contribution in [-0.2, 0) is 19.7 Å². The maximum absolute atomic E-state index is 13.1. The number of hydrogen-bond donors (Lipinski definition) is 2. The quantitative estimate of drug-likeness (QED) is 0.257. The van der Waals surface area contributed by atoms with Gasteiger partial charge in [-0.3, -0.25) is 0 Å². The number of hydrogen-bond acceptors (Lipinski definition) is 8. The highest BCUT2D eigenvalue weighted by Gasteiger charge is 2.39. The van der Waals surface area contributed by atoms with E-state index in [4.69, 9.17) is 0 Å². The van der Waals surface area contributed by atoms with Crippen molar-refractivity contribution in [3.63, 3.8) is 0 Å². The molecule has 50 heavy (non-hydrogen) atoms. The second-order valence-corrected chi connectivity index (χ2v) is 18.2. The molecule has 0 unspecified atom stereocenters. The highest BCUT2D eigenvalue weighted by Crippen LogP contribution is 2.46. The highest BCUT2D eigenvalue weighted by atomic mass is 32.2. The first-order valence-electron chi connectivity index (χ1n) is 17.8. The number of rotatable bonds is 4. The molecule has 8 rings (SSSR count). The number of anilines is 2. The summed E-state index contributed by atoms with van der Waals surface area (Å²) in [7, 11) is -2.70. The molecule has 4 aromatic carbocycles.